The molecule has 1 aliphatic rings. The lowest BCUT2D eigenvalue weighted by Crippen LogP contribution is -2.43. The molecule has 0 bridgehead atoms. The smallest absolute Gasteiger partial charge is 0.223 e. The highest BCUT2D eigenvalue weighted by Crippen LogP contribution is 2.08. The first-order valence-corrected chi connectivity index (χ1v) is 6.52. The van der Waals surface area contributed by atoms with Crippen LogP contribution >= 0.6 is 0 Å². The third-order valence-corrected chi connectivity index (χ3v) is 3.05. The molecule has 0 spiro atoms. The van der Waals surface area contributed by atoms with Gasteiger partial charge in [0.05, 0.1) is 13.0 Å². The van der Waals surface area contributed by atoms with Gasteiger partial charge in [-0.2, -0.15) is 0 Å². The number of nitrogens with one attached hydrogen (secondary N) is 2. The summed E-state index contributed by atoms with van der Waals surface area (Å²) >= 11 is 0. The van der Waals surface area contributed by atoms with Crippen LogP contribution in [-0.2, 0) is 4.79 Å². The Morgan fingerprint density at radius 3 is 2.72 bits per heavy atom. The zero-order valence-electron chi connectivity index (χ0n) is 10.5. The summed E-state index contributed by atoms with van der Waals surface area (Å²) < 4.78 is 5.49. The fourth-order valence-corrected chi connectivity index (χ4v) is 2.04. The van der Waals surface area contributed by atoms with Gasteiger partial charge in [-0.15, -0.1) is 0 Å². The Balaban J connectivity index is 1.62. The van der Waals surface area contributed by atoms with Gasteiger partial charge in [-0.05, 0) is 38.1 Å². The number of hydrogen-bond donors (Lipinski definition) is 2. The van der Waals surface area contributed by atoms with Crippen LogP contribution < -0.4 is 15.4 Å². The van der Waals surface area contributed by atoms with Crippen LogP contribution in [0.3, 0.4) is 0 Å². The average molecular weight is 248 g/mol. The van der Waals surface area contributed by atoms with Crippen LogP contribution in [0.5, 0.6) is 5.75 Å². The highest BCUT2D eigenvalue weighted by atomic mass is 16.5. The Hall–Kier alpha value is -1.55. The van der Waals surface area contributed by atoms with Gasteiger partial charge in [0.25, 0.3) is 0 Å². The molecule has 1 aromatic carbocycles. The summed E-state index contributed by atoms with van der Waals surface area (Å²) in [5.74, 6) is 0.894. The maximum absolute atomic E-state index is 11.7. The van der Waals surface area contributed by atoms with Crippen molar-refractivity contribution in [3.8, 4) is 5.75 Å². The molecule has 1 heterocycles. The Morgan fingerprint density at radius 2 is 2.00 bits per heavy atom. The summed E-state index contributed by atoms with van der Waals surface area (Å²) in [7, 11) is 0. The molecular weight excluding hydrogens is 228 g/mol. The van der Waals surface area contributed by atoms with Crippen molar-refractivity contribution in [2.24, 2.45) is 0 Å². The van der Waals surface area contributed by atoms with Crippen LogP contribution in [0.25, 0.3) is 0 Å². The van der Waals surface area contributed by atoms with Crippen LogP contribution in [0.2, 0.25) is 0 Å². The highest BCUT2D eigenvalue weighted by molar-refractivity contribution is 5.76. The minimum Gasteiger partial charge on any atom is -0.493 e. The van der Waals surface area contributed by atoms with Crippen molar-refractivity contribution in [3.05, 3.63) is 30.3 Å². The molecule has 1 saturated heterocycles. The lowest BCUT2D eigenvalue weighted by Gasteiger charge is -2.23. The maximum atomic E-state index is 11.7. The summed E-state index contributed by atoms with van der Waals surface area (Å²) in [6.45, 7) is 2.41. The van der Waals surface area contributed by atoms with Crippen molar-refractivity contribution in [1.82, 2.24) is 10.6 Å². The van der Waals surface area contributed by atoms with E-state index in [9.17, 15) is 4.79 Å². The van der Waals surface area contributed by atoms with Gasteiger partial charge in [-0.25, -0.2) is 0 Å². The number of benzene rings is 1. The summed E-state index contributed by atoms with van der Waals surface area (Å²) in [5.41, 5.74) is 0. The van der Waals surface area contributed by atoms with E-state index < -0.39 is 0 Å². The second-order valence-corrected chi connectivity index (χ2v) is 4.50. The summed E-state index contributed by atoms with van der Waals surface area (Å²) in [4.78, 5) is 11.7. The Labute approximate surface area is 108 Å². The fourth-order valence-electron chi connectivity index (χ4n) is 2.04. The molecule has 1 fully saturated rings. The topological polar surface area (TPSA) is 50.4 Å². The molecule has 4 nitrogen and oxygen atoms in total. The van der Waals surface area contributed by atoms with E-state index >= 15 is 0 Å². The quantitative estimate of drug-likeness (QED) is 0.826. The van der Waals surface area contributed by atoms with Gasteiger partial charge in [0, 0.05) is 6.04 Å². The third kappa shape index (κ3) is 4.37. The van der Waals surface area contributed by atoms with Gasteiger partial charge in [-0.1, -0.05) is 18.2 Å². The lowest BCUT2D eigenvalue weighted by molar-refractivity contribution is -0.122. The van der Waals surface area contributed by atoms with E-state index in [1.54, 1.807) is 0 Å². The summed E-state index contributed by atoms with van der Waals surface area (Å²) in [5, 5.41) is 6.32. The van der Waals surface area contributed by atoms with E-state index in [0.717, 1.165) is 31.7 Å². The van der Waals surface area contributed by atoms with E-state index in [1.165, 1.54) is 0 Å². The molecule has 0 saturated carbocycles. The minimum atomic E-state index is 0.0813. The zero-order valence-corrected chi connectivity index (χ0v) is 10.5. The fraction of sp³-hybridized carbons (Fsp3) is 0.500. The predicted molar refractivity (Wildman–Crippen MR) is 70.6 cm³/mol. The molecule has 0 radical (unpaired) electrons. The summed E-state index contributed by atoms with van der Waals surface area (Å²) in [6.07, 6.45) is 2.45. The van der Waals surface area contributed by atoms with E-state index in [1.807, 2.05) is 30.3 Å². The van der Waals surface area contributed by atoms with E-state index in [4.69, 9.17) is 4.74 Å². The number of ether oxygens (including phenoxy) is 1. The molecule has 2 N–H and O–H groups in total. The Bertz CT molecular complexity index is 361. The second-order valence-electron chi connectivity index (χ2n) is 4.50. The van der Waals surface area contributed by atoms with Crippen molar-refractivity contribution < 1.29 is 9.53 Å². The predicted octanol–water partition coefficient (Wildman–Crippen LogP) is 1.32. The molecule has 4 heteroatoms. The van der Waals surface area contributed by atoms with Gasteiger partial charge >= 0.3 is 0 Å². The molecule has 98 valence electrons. The molecular formula is C14H20N2O2. The summed E-state index contributed by atoms with van der Waals surface area (Å²) in [6, 6.07) is 9.90. The standard InChI is InChI=1S/C14H20N2O2/c17-14(16-12-6-9-15-10-7-12)8-11-18-13-4-2-1-3-5-13/h1-5,12,15H,6-11H2,(H,16,17). The molecule has 1 aromatic rings. The second kappa shape index (κ2) is 7.01. The number of hydrogen-bond acceptors (Lipinski definition) is 3. The highest BCUT2D eigenvalue weighted by Gasteiger charge is 2.14. The molecule has 0 aliphatic carbocycles. The Morgan fingerprint density at radius 1 is 1.28 bits per heavy atom. The first kappa shape index (κ1) is 12.9. The van der Waals surface area contributed by atoms with Crippen LogP contribution in [0.4, 0.5) is 0 Å². The average Bonchev–Trinajstić information content (AvgIpc) is 2.41. The van der Waals surface area contributed by atoms with E-state index in [0.29, 0.717) is 19.1 Å². The SMILES string of the molecule is O=C(CCOc1ccccc1)NC1CCNCC1. The molecule has 0 unspecified atom stereocenters. The monoisotopic (exact) mass is 248 g/mol. The van der Waals surface area contributed by atoms with Gasteiger partial charge in [0.15, 0.2) is 0 Å². The number of rotatable bonds is 5. The van der Waals surface area contributed by atoms with Crippen molar-refractivity contribution >= 4 is 5.91 Å². The van der Waals surface area contributed by atoms with Crippen LogP contribution in [-0.4, -0.2) is 31.6 Å². The van der Waals surface area contributed by atoms with Gasteiger partial charge < -0.3 is 15.4 Å². The first-order chi connectivity index (χ1) is 8.84. The van der Waals surface area contributed by atoms with Crippen molar-refractivity contribution in [2.75, 3.05) is 19.7 Å². The largest absolute Gasteiger partial charge is 0.493 e. The van der Waals surface area contributed by atoms with Crippen molar-refractivity contribution in [1.29, 1.82) is 0 Å². The number of carbonyl (C=O) groups is 1. The number of piperidine rings is 1. The number of para-hydroxylation sites is 1. The van der Waals surface area contributed by atoms with Crippen LogP contribution in [0, 0.1) is 0 Å². The molecule has 1 aliphatic heterocycles. The Kier molecular flexibility index (Phi) is 5.02. The molecule has 0 aromatic heterocycles. The maximum Gasteiger partial charge on any atom is 0.223 e. The number of carbonyl (C=O) groups excluding carboxylic acids is 1. The first-order valence-electron chi connectivity index (χ1n) is 6.52. The molecule has 1 amide bonds. The molecule has 2 rings (SSSR count). The zero-order chi connectivity index (χ0) is 12.6. The van der Waals surface area contributed by atoms with Crippen molar-refractivity contribution in [2.45, 2.75) is 25.3 Å². The lowest BCUT2D eigenvalue weighted by atomic mass is 10.1. The van der Waals surface area contributed by atoms with Crippen LogP contribution in [0.15, 0.2) is 30.3 Å². The third-order valence-electron chi connectivity index (χ3n) is 3.05. The molecule has 0 atom stereocenters. The minimum absolute atomic E-state index is 0.0813. The van der Waals surface area contributed by atoms with E-state index in [2.05, 4.69) is 10.6 Å². The molecule has 18 heavy (non-hydrogen) atoms. The van der Waals surface area contributed by atoms with Gasteiger partial charge in [-0.3, -0.25) is 4.79 Å². The normalized spacial score (nSPS) is 16.2. The number of amides is 1. The van der Waals surface area contributed by atoms with Crippen LogP contribution in [0.1, 0.15) is 19.3 Å². The van der Waals surface area contributed by atoms with Gasteiger partial charge in [0.2, 0.25) is 5.91 Å². The van der Waals surface area contributed by atoms with Crippen molar-refractivity contribution in [3.63, 3.8) is 0 Å². The van der Waals surface area contributed by atoms with Gasteiger partial charge in [0.1, 0.15) is 5.75 Å². The van der Waals surface area contributed by atoms with E-state index in [-0.39, 0.29) is 5.91 Å².